The van der Waals surface area contributed by atoms with Gasteiger partial charge in [-0.05, 0) is 38.5 Å². The van der Waals surface area contributed by atoms with Crippen LogP contribution < -0.4 is 0 Å². The second-order valence-corrected chi connectivity index (χ2v) is 4.77. The molecule has 0 aromatic heterocycles. The van der Waals surface area contributed by atoms with Crippen LogP contribution in [0.15, 0.2) is 4.99 Å². The lowest BCUT2D eigenvalue weighted by Gasteiger charge is -2.33. The van der Waals surface area contributed by atoms with Crippen molar-refractivity contribution in [1.29, 1.82) is 0 Å². The highest BCUT2D eigenvalue weighted by Gasteiger charge is 2.50. The summed E-state index contributed by atoms with van der Waals surface area (Å²) in [6, 6.07) is 0. The van der Waals surface area contributed by atoms with E-state index in [0.29, 0.717) is 25.6 Å². The zero-order valence-corrected chi connectivity index (χ0v) is 10.1. The number of amides is 1. The van der Waals surface area contributed by atoms with E-state index in [1.54, 1.807) is 11.0 Å². The van der Waals surface area contributed by atoms with Gasteiger partial charge in [0.15, 0.2) is 0 Å². The second-order valence-electron chi connectivity index (χ2n) is 4.77. The molecule has 1 aliphatic carbocycles. The predicted molar refractivity (Wildman–Crippen MR) is 61.4 cm³/mol. The second kappa shape index (κ2) is 4.88. The fourth-order valence-corrected chi connectivity index (χ4v) is 2.64. The Bertz CT molecular complexity index is 338. The monoisotopic (exact) mass is 238 g/mol. The molecule has 1 saturated heterocycles. The number of carbonyl (C=O) groups excluding carboxylic acids is 2. The number of hydrogen-bond donors (Lipinski definition) is 0. The van der Waals surface area contributed by atoms with Crippen molar-refractivity contribution in [2.45, 2.75) is 38.1 Å². The first kappa shape index (κ1) is 12.1. The molecule has 94 valence electrons. The fourth-order valence-electron chi connectivity index (χ4n) is 2.64. The molecule has 2 aliphatic rings. The van der Waals surface area contributed by atoms with Crippen LogP contribution in [-0.2, 0) is 9.53 Å². The van der Waals surface area contributed by atoms with Crippen molar-refractivity contribution >= 4 is 12.2 Å². The molecule has 17 heavy (non-hydrogen) atoms. The normalized spacial score (nSPS) is 22.8. The third-order valence-corrected chi connectivity index (χ3v) is 3.81. The summed E-state index contributed by atoms with van der Waals surface area (Å²) in [7, 11) is 0. The molecule has 1 heterocycles. The summed E-state index contributed by atoms with van der Waals surface area (Å²) in [6.07, 6.45) is 5.26. The van der Waals surface area contributed by atoms with Gasteiger partial charge in [-0.15, -0.1) is 0 Å². The molecule has 5 heteroatoms. The number of hydrogen-bond acceptors (Lipinski definition) is 4. The standard InChI is InChI=1S/C12H18N2O3/c1-2-17-11(16)14-7-3-10(4-8-14)12(5-6-12)13-9-15/h10H,2-8H2,1H3. The molecule has 0 radical (unpaired) electrons. The van der Waals surface area contributed by atoms with Gasteiger partial charge in [-0.2, -0.15) is 4.99 Å². The zero-order valence-electron chi connectivity index (χ0n) is 10.1. The summed E-state index contributed by atoms with van der Waals surface area (Å²) in [4.78, 5) is 27.6. The summed E-state index contributed by atoms with van der Waals surface area (Å²) >= 11 is 0. The van der Waals surface area contributed by atoms with Crippen LogP contribution in [0.2, 0.25) is 0 Å². The van der Waals surface area contributed by atoms with Gasteiger partial charge in [0.05, 0.1) is 12.1 Å². The molecule has 1 amide bonds. The lowest BCUT2D eigenvalue weighted by atomic mass is 9.88. The zero-order chi connectivity index (χ0) is 12.3. The van der Waals surface area contributed by atoms with Crippen molar-refractivity contribution in [3.8, 4) is 0 Å². The van der Waals surface area contributed by atoms with Crippen LogP contribution >= 0.6 is 0 Å². The largest absolute Gasteiger partial charge is 0.450 e. The van der Waals surface area contributed by atoms with E-state index < -0.39 is 0 Å². The van der Waals surface area contributed by atoms with Crippen molar-refractivity contribution in [2.75, 3.05) is 19.7 Å². The van der Waals surface area contributed by atoms with E-state index in [0.717, 1.165) is 25.7 Å². The van der Waals surface area contributed by atoms with E-state index in [1.165, 1.54) is 0 Å². The predicted octanol–water partition coefficient (Wildman–Crippen LogP) is 1.72. The van der Waals surface area contributed by atoms with E-state index in [9.17, 15) is 9.59 Å². The maximum atomic E-state index is 11.5. The van der Waals surface area contributed by atoms with Gasteiger partial charge in [0.25, 0.3) is 0 Å². The SMILES string of the molecule is CCOC(=O)N1CCC(C2(N=C=O)CC2)CC1. The molecule has 0 N–H and O–H groups in total. The van der Waals surface area contributed by atoms with E-state index >= 15 is 0 Å². The minimum atomic E-state index is -0.227. The van der Waals surface area contributed by atoms with Gasteiger partial charge in [0, 0.05) is 13.1 Å². The first-order chi connectivity index (χ1) is 8.22. The average molecular weight is 238 g/mol. The summed E-state index contributed by atoms with van der Waals surface area (Å²) in [6.45, 7) is 3.64. The average Bonchev–Trinajstić information content (AvgIpc) is 3.11. The van der Waals surface area contributed by atoms with Crippen molar-refractivity contribution in [3.05, 3.63) is 0 Å². The maximum absolute atomic E-state index is 11.5. The number of nitrogens with zero attached hydrogens (tertiary/aromatic N) is 2. The molecular weight excluding hydrogens is 220 g/mol. The number of isocyanates is 1. The Balaban J connectivity index is 1.86. The minimum Gasteiger partial charge on any atom is -0.450 e. The summed E-state index contributed by atoms with van der Waals surface area (Å²) < 4.78 is 4.97. The van der Waals surface area contributed by atoms with Crippen LogP contribution in [-0.4, -0.2) is 42.3 Å². The Morgan fingerprint density at radius 1 is 1.47 bits per heavy atom. The highest BCUT2D eigenvalue weighted by Crippen LogP contribution is 2.49. The van der Waals surface area contributed by atoms with Crippen molar-refractivity contribution < 1.29 is 14.3 Å². The van der Waals surface area contributed by atoms with Crippen molar-refractivity contribution in [3.63, 3.8) is 0 Å². The van der Waals surface area contributed by atoms with Gasteiger partial charge in [-0.25, -0.2) is 9.59 Å². The molecule has 0 atom stereocenters. The summed E-state index contributed by atoms with van der Waals surface area (Å²) in [5, 5.41) is 0. The van der Waals surface area contributed by atoms with Gasteiger partial charge in [-0.1, -0.05) is 0 Å². The Hall–Kier alpha value is -1.35. The van der Waals surface area contributed by atoms with Crippen LogP contribution in [0.4, 0.5) is 4.79 Å². The van der Waals surface area contributed by atoms with Gasteiger partial charge in [0.1, 0.15) is 0 Å². The quantitative estimate of drug-likeness (QED) is 0.555. The van der Waals surface area contributed by atoms with E-state index in [1.807, 2.05) is 6.92 Å². The van der Waals surface area contributed by atoms with Crippen LogP contribution in [0.5, 0.6) is 0 Å². The lowest BCUT2D eigenvalue weighted by Crippen LogP contribution is -2.41. The van der Waals surface area contributed by atoms with Gasteiger partial charge >= 0.3 is 6.09 Å². The number of ether oxygens (including phenoxy) is 1. The first-order valence-corrected chi connectivity index (χ1v) is 6.22. The van der Waals surface area contributed by atoms with E-state index in [-0.39, 0.29) is 11.6 Å². The molecule has 1 saturated carbocycles. The molecule has 1 aliphatic heterocycles. The van der Waals surface area contributed by atoms with Crippen LogP contribution in [0.1, 0.15) is 32.6 Å². The van der Waals surface area contributed by atoms with Gasteiger partial charge < -0.3 is 9.64 Å². The molecule has 0 aromatic rings. The molecule has 0 aromatic carbocycles. The molecule has 5 nitrogen and oxygen atoms in total. The number of rotatable bonds is 3. The lowest BCUT2D eigenvalue weighted by molar-refractivity contribution is 0.0878. The Morgan fingerprint density at radius 2 is 2.12 bits per heavy atom. The van der Waals surface area contributed by atoms with Crippen molar-refractivity contribution in [2.24, 2.45) is 10.9 Å². The van der Waals surface area contributed by atoms with Gasteiger partial charge in [-0.3, -0.25) is 0 Å². The van der Waals surface area contributed by atoms with Crippen LogP contribution in [0.25, 0.3) is 0 Å². The first-order valence-electron chi connectivity index (χ1n) is 6.22. The molecule has 2 fully saturated rings. The van der Waals surface area contributed by atoms with E-state index in [2.05, 4.69) is 4.99 Å². The number of piperidine rings is 1. The summed E-state index contributed by atoms with van der Waals surface area (Å²) in [5.41, 5.74) is -0.136. The molecule has 0 spiro atoms. The molecular formula is C12H18N2O3. The number of carbonyl (C=O) groups is 1. The topological polar surface area (TPSA) is 59.0 Å². The number of likely N-dealkylation sites (tertiary alicyclic amines) is 1. The smallest absolute Gasteiger partial charge is 0.409 e. The van der Waals surface area contributed by atoms with Crippen molar-refractivity contribution in [1.82, 2.24) is 4.90 Å². The van der Waals surface area contributed by atoms with E-state index in [4.69, 9.17) is 4.74 Å². The Morgan fingerprint density at radius 3 is 2.59 bits per heavy atom. The Kier molecular flexibility index (Phi) is 3.48. The third-order valence-electron chi connectivity index (χ3n) is 3.81. The van der Waals surface area contributed by atoms with Gasteiger partial charge in [0.2, 0.25) is 6.08 Å². The fraction of sp³-hybridized carbons (Fsp3) is 0.833. The minimum absolute atomic E-state index is 0.136. The molecule has 0 unspecified atom stereocenters. The maximum Gasteiger partial charge on any atom is 0.409 e. The molecule has 2 rings (SSSR count). The molecule has 0 bridgehead atoms. The number of aliphatic imine (C=N–C) groups is 1. The third kappa shape index (κ3) is 2.50. The highest BCUT2D eigenvalue weighted by atomic mass is 16.6. The summed E-state index contributed by atoms with van der Waals surface area (Å²) in [5.74, 6) is 0.426. The van der Waals surface area contributed by atoms with Crippen LogP contribution in [0, 0.1) is 5.92 Å². The Labute approximate surface area is 101 Å². The van der Waals surface area contributed by atoms with Crippen LogP contribution in [0.3, 0.4) is 0 Å². The highest BCUT2D eigenvalue weighted by molar-refractivity contribution is 5.67.